The Morgan fingerprint density at radius 2 is 1.80 bits per heavy atom. The number of hydrogen-bond donors (Lipinski definition) is 1. The van der Waals surface area contributed by atoms with Crippen molar-refractivity contribution in [1.29, 1.82) is 0 Å². The highest BCUT2D eigenvalue weighted by molar-refractivity contribution is 5.94. The highest BCUT2D eigenvalue weighted by atomic mass is 19.1. The van der Waals surface area contributed by atoms with Gasteiger partial charge >= 0.3 is 0 Å². The maximum Gasteiger partial charge on any atom is 0.260 e. The summed E-state index contributed by atoms with van der Waals surface area (Å²) in [6.07, 6.45) is 3.45. The molecule has 0 radical (unpaired) electrons. The summed E-state index contributed by atoms with van der Waals surface area (Å²) in [5, 5.41) is 0. The van der Waals surface area contributed by atoms with Crippen LogP contribution in [0.4, 0.5) is 8.78 Å². The van der Waals surface area contributed by atoms with Crippen molar-refractivity contribution in [2.75, 3.05) is 0 Å². The van der Waals surface area contributed by atoms with Crippen LogP contribution in [0.2, 0.25) is 0 Å². The topological polar surface area (TPSA) is 53.2 Å². The number of rotatable bonds is 4. The second-order valence-corrected chi connectivity index (χ2v) is 6.46. The van der Waals surface area contributed by atoms with E-state index in [-0.39, 0.29) is 23.7 Å². The zero-order valence-electron chi connectivity index (χ0n) is 14.0. The second kappa shape index (κ2) is 7.17. The number of aromatic amines is 1. The minimum Gasteiger partial charge on any atom is -0.331 e. The Hall–Kier alpha value is -2.50. The number of nitrogens with one attached hydrogen (secondary N) is 1. The third-order valence-corrected chi connectivity index (χ3v) is 4.70. The largest absolute Gasteiger partial charge is 0.331 e. The molecule has 0 saturated heterocycles. The summed E-state index contributed by atoms with van der Waals surface area (Å²) in [6.45, 7) is 1.54. The first-order valence-electron chi connectivity index (χ1n) is 8.41. The van der Waals surface area contributed by atoms with Crippen molar-refractivity contribution in [3.05, 3.63) is 69.1 Å². The molecule has 1 heterocycles. The van der Waals surface area contributed by atoms with Gasteiger partial charge in [0, 0.05) is 17.3 Å². The van der Waals surface area contributed by atoms with E-state index in [2.05, 4.69) is 4.98 Å². The molecule has 6 heteroatoms. The van der Waals surface area contributed by atoms with E-state index >= 15 is 0 Å². The van der Waals surface area contributed by atoms with Gasteiger partial charge in [-0.2, -0.15) is 0 Å². The van der Waals surface area contributed by atoms with Crippen LogP contribution in [-0.4, -0.2) is 21.8 Å². The van der Waals surface area contributed by atoms with Gasteiger partial charge in [0.25, 0.3) is 11.5 Å². The van der Waals surface area contributed by atoms with E-state index < -0.39 is 23.1 Å². The number of benzene rings is 1. The molecule has 132 valence electrons. The number of aryl methyl sites for hydroxylation is 1. The predicted molar refractivity (Wildman–Crippen MR) is 90.3 cm³/mol. The van der Waals surface area contributed by atoms with Crippen LogP contribution in [0.1, 0.15) is 47.3 Å². The average Bonchev–Trinajstić information content (AvgIpc) is 3.08. The minimum atomic E-state index is -0.686. The van der Waals surface area contributed by atoms with Gasteiger partial charge in [-0.15, -0.1) is 0 Å². The van der Waals surface area contributed by atoms with Crippen LogP contribution in [0.15, 0.2) is 35.1 Å². The van der Waals surface area contributed by atoms with E-state index in [1.807, 2.05) is 0 Å². The van der Waals surface area contributed by atoms with Crippen LogP contribution in [0.5, 0.6) is 0 Å². The number of aromatic nitrogens is 1. The van der Waals surface area contributed by atoms with Crippen molar-refractivity contribution in [1.82, 2.24) is 9.88 Å². The Bertz CT molecular complexity index is 821. The maximum absolute atomic E-state index is 14.0. The normalized spacial score (nSPS) is 14.7. The lowest BCUT2D eigenvalue weighted by molar-refractivity contribution is 0.0658. The van der Waals surface area contributed by atoms with Crippen molar-refractivity contribution < 1.29 is 13.6 Å². The number of halogens is 2. The first-order chi connectivity index (χ1) is 12.0. The number of pyridine rings is 1. The fraction of sp³-hybridized carbons (Fsp3) is 0.368. The Balaban J connectivity index is 1.97. The van der Waals surface area contributed by atoms with Crippen LogP contribution < -0.4 is 5.56 Å². The lowest BCUT2D eigenvalue weighted by Gasteiger charge is -2.29. The van der Waals surface area contributed by atoms with Gasteiger partial charge in [0.05, 0.1) is 6.54 Å². The Morgan fingerprint density at radius 1 is 1.16 bits per heavy atom. The van der Waals surface area contributed by atoms with Crippen LogP contribution in [0, 0.1) is 18.6 Å². The summed E-state index contributed by atoms with van der Waals surface area (Å²) in [4.78, 5) is 29.1. The molecule has 1 fully saturated rings. The fourth-order valence-corrected chi connectivity index (χ4v) is 3.33. The molecule has 25 heavy (non-hydrogen) atoms. The summed E-state index contributed by atoms with van der Waals surface area (Å²) >= 11 is 0. The molecular weight excluding hydrogens is 326 g/mol. The molecule has 3 rings (SSSR count). The number of nitrogens with zero attached hydrogens (tertiary/aromatic N) is 1. The van der Waals surface area contributed by atoms with Crippen molar-refractivity contribution in [2.24, 2.45) is 0 Å². The van der Waals surface area contributed by atoms with Gasteiger partial charge in [0.15, 0.2) is 0 Å². The number of amides is 1. The quantitative estimate of drug-likeness (QED) is 0.920. The first-order valence-corrected chi connectivity index (χ1v) is 8.41. The molecule has 0 bridgehead atoms. The zero-order valence-corrected chi connectivity index (χ0v) is 14.0. The number of hydrogen-bond acceptors (Lipinski definition) is 2. The van der Waals surface area contributed by atoms with Crippen LogP contribution >= 0.6 is 0 Å². The van der Waals surface area contributed by atoms with Crippen molar-refractivity contribution >= 4 is 5.91 Å². The summed E-state index contributed by atoms with van der Waals surface area (Å²) in [7, 11) is 0. The van der Waals surface area contributed by atoms with Gasteiger partial charge in [-0.05, 0) is 44.0 Å². The predicted octanol–water partition coefficient (Wildman–Crippen LogP) is 3.55. The molecule has 1 saturated carbocycles. The minimum absolute atomic E-state index is 0.00533. The molecule has 0 atom stereocenters. The van der Waals surface area contributed by atoms with E-state index in [9.17, 15) is 18.4 Å². The smallest absolute Gasteiger partial charge is 0.260 e. The lowest BCUT2D eigenvalue weighted by Crippen LogP contribution is -2.41. The van der Waals surface area contributed by atoms with Crippen molar-refractivity contribution in [3.63, 3.8) is 0 Å². The molecule has 0 spiro atoms. The molecule has 1 aromatic carbocycles. The van der Waals surface area contributed by atoms with Gasteiger partial charge in [0.1, 0.15) is 17.2 Å². The number of carbonyl (C=O) groups excluding carboxylic acids is 1. The number of H-pyrrole nitrogens is 1. The third-order valence-electron chi connectivity index (χ3n) is 4.70. The van der Waals surface area contributed by atoms with E-state index in [0.717, 1.165) is 25.7 Å². The first kappa shape index (κ1) is 17.3. The molecule has 1 aromatic heterocycles. The number of carbonyl (C=O) groups is 1. The molecule has 2 aromatic rings. The SMILES string of the molecule is Cc1ccc(C(=O)N(Cc2c(F)cccc2F)C2CCCC2)c(=O)[nH]1. The van der Waals surface area contributed by atoms with E-state index in [4.69, 9.17) is 0 Å². The molecule has 4 nitrogen and oxygen atoms in total. The molecule has 0 unspecified atom stereocenters. The molecular formula is C19H20F2N2O2. The molecule has 1 N–H and O–H groups in total. The van der Waals surface area contributed by atoms with Gasteiger partial charge < -0.3 is 9.88 Å². The molecule has 1 amide bonds. The van der Waals surface area contributed by atoms with Crippen LogP contribution in [-0.2, 0) is 6.54 Å². The Morgan fingerprint density at radius 3 is 2.40 bits per heavy atom. The molecule has 0 aliphatic heterocycles. The third kappa shape index (κ3) is 3.62. The second-order valence-electron chi connectivity index (χ2n) is 6.46. The summed E-state index contributed by atoms with van der Waals surface area (Å²) < 4.78 is 28.1. The lowest BCUT2D eigenvalue weighted by atomic mass is 10.1. The van der Waals surface area contributed by atoms with Gasteiger partial charge in [-0.25, -0.2) is 8.78 Å². The Labute approximate surface area is 144 Å². The van der Waals surface area contributed by atoms with Crippen LogP contribution in [0.25, 0.3) is 0 Å². The van der Waals surface area contributed by atoms with Crippen LogP contribution in [0.3, 0.4) is 0 Å². The van der Waals surface area contributed by atoms with Crippen molar-refractivity contribution in [2.45, 2.75) is 45.2 Å². The van der Waals surface area contributed by atoms with Crippen molar-refractivity contribution in [3.8, 4) is 0 Å². The van der Waals surface area contributed by atoms with E-state index in [1.54, 1.807) is 13.0 Å². The summed E-state index contributed by atoms with van der Waals surface area (Å²) in [6, 6.07) is 6.64. The average molecular weight is 346 g/mol. The monoisotopic (exact) mass is 346 g/mol. The summed E-state index contributed by atoms with van der Waals surface area (Å²) in [5.74, 6) is -1.86. The summed E-state index contributed by atoms with van der Waals surface area (Å²) in [5.41, 5.74) is 0.0108. The van der Waals surface area contributed by atoms with E-state index in [1.165, 1.54) is 29.2 Å². The zero-order chi connectivity index (χ0) is 18.0. The van der Waals surface area contributed by atoms with Gasteiger partial charge in [-0.1, -0.05) is 18.9 Å². The maximum atomic E-state index is 14.0. The Kier molecular flexibility index (Phi) is 4.97. The molecule has 1 aliphatic rings. The van der Waals surface area contributed by atoms with Gasteiger partial charge in [-0.3, -0.25) is 9.59 Å². The standard InChI is InChI=1S/C19H20F2N2O2/c1-12-9-10-14(18(24)22-12)19(25)23(13-5-2-3-6-13)11-15-16(20)7-4-8-17(15)21/h4,7-10,13H,2-3,5-6,11H2,1H3,(H,22,24). The highest BCUT2D eigenvalue weighted by Crippen LogP contribution is 2.27. The van der Waals surface area contributed by atoms with Gasteiger partial charge in [0.2, 0.25) is 0 Å². The highest BCUT2D eigenvalue weighted by Gasteiger charge is 2.30. The fourth-order valence-electron chi connectivity index (χ4n) is 3.33. The van der Waals surface area contributed by atoms with E-state index in [0.29, 0.717) is 5.69 Å². The molecule has 1 aliphatic carbocycles.